The van der Waals surface area contributed by atoms with Crippen LogP contribution in [0.15, 0.2) is 47.0 Å². The molecular formula is C19H19ClN4O2S. The SMILES string of the molecule is CCN(C)C(=N)c1ccc(-c2cc(CNC(=O)c3ccc(Cl)s3)on2)cc1. The molecule has 3 aromatic rings. The summed E-state index contributed by atoms with van der Waals surface area (Å²) in [5.41, 5.74) is 2.41. The smallest absolute Gasteiger partial charge is 0.261 e. The van der Waals surface area contributed by atoms with Crippen molar-refractivity contribution in [2.75, 3.05) is 13.6 Å². The Balaban J connectivity index is 1.63. The number of carbonyl (C=O) groups excluding carboxylic acids is 1. The number of benzene rings is 1. The lowest BCUT2D eigenvalue weighted by Crippen LogP contribution is -2.26. The van der Waals surface area contributed by atoms with Crippen molar-refractivity contribution >= 4 is 34.7 Å². The monoisotopic (exact) mass is 402 g/mol. The fraction of sp³-hybridized carbons (Fsp3) is 0.211. The molecule has 2 heterocycles. The van der Waals surface area contributed by atoms with Crippen LogP contribution in [-0.4, -0.2) is 35.4 Å². The number of aromatic nitrogens is 1. The third kappa shape index (κ3) is 4.56. The average Bonchev–Trinajstić information content (AvgIpc) is 3.34. The minimum absolute atomic E-state index is 0.201. The molecule has 2 N–H and O–H groups in total. The van der Waals surface area contributed by atoms with Gasteiger partial charge in [-0.3, -0.25) is 10.2 Å². The Morgan fingerprint density at radius 3 is 2.67 bits per heavy atom. The Kier molecular flexibility index (Phi) is 5.93. The van der Waals surface area contributed by atoms with Crippen LogP contribution < -0.4 is 5.32 Å². The summed E-state index contributed by atoms with van der Waals surface area (Å²) in [5, 5.41) is 15.0. The van der Waals surface area contributed by atoms with Crippen LogP contribution in [-0.2, 0) is 6.54 Å². The van der Waals surface area contributed by atoms with Crippen LogP contribution in [0.3, 0.4) is 0 Å². The number of nitrogens with one attached hydrogen (secondary N) is 2. The number of rotatable bonds is 6. The molecule has 0 spiro atoms. The number of nitrogens with zero attached hydrogens (tertiary/aromatic N) is 2. The molecule has 1 amide bonds. The predicted octanol–water partition coefficient (Wildman–Crippen LogP) is 4.26. The highest BCUT2D eigenvalue weighted by molar-refractivity contribution is 7.17. The van der Waals surface area contributed by atoms with E-state index in [9.17, 15) is 4.79 Å². The molecule has 0 bridgehead atoms. The Morgan fingerprint density at radius 1 is 1.30 bits per heavy atom. The van der Waals surface area contributed by atoms with E-state index in [0.29, 0.717) is 26.5 Å². The lowest BCUT2D eigenvalue weighted by atomic mass is 10.1. The summed E-state index contributed by atoms with van der Waals surface area (Å²) in [6.07, 6.45) is 0. The van der Waals surface area contributed by atoms with Gasteiger partial charge in [0.2, 0.25) is 0 Å². The molecule has 6 nitrogen and oxygen atoms in total. The molecular weight excluding hydrogens is 384 g/mol. The highest BCUT2D eigenvalue weighted by atomic mass is 35.5. The first-order valence-electron chi connectivity index (χ1n) is 8.37. The zero-order valence-corrected chi connectivity index (χ0v) is 16.5. The largest absolute Gasteiger partial charge is 0.360 e. The van der Waals surface area contributed by atoms with Crippen LogP contribution in [0.1, 0.15) is 27.9 Å². The van der Waals surface area contributed by atoms with Gasteiger partial charge in [0.15, 0.2) is 5.76 Å². The fourth-order valence-electron chi connectivity index (χ4n) is 2.40. The van der Waals surface area contributed by atoms with Crippen molar-refractivity contribution in [3.05, 3.63) is 63.0 Å². The molecule has 0 saturated carbocycles. The topological polar surface area (TPSA) is 82.2 Å². The minimum atomic E-state index is -0.201. The van der Waals surface area contributed by atoms with Crippen molar-refractivity contribution in [2.24, 2.45) is 0 Å². The van der Waals surface area contributed by atoms with E-state index >= 15 is 0 Å². The van der Waals surface area contributed by atoms with E-state index in [4.69, 9.17) is 21.5 Å². The molecule has 0 aliphatic heterocycles. The second-order valence-electron chi connectivity index (χ2n) is 5.91. The lowest BCUT2D eigenvalue weighted by Gasteiger charge is -2.17. The summed E-state index contributed by atoms with van der Waals surface area (Å²) in [4.78, 5) is 14.5. The number of halogens is 1. The number of hydrogen-bond donors (Lipinski definition) is 2. The molecule has 0 aliphatic rings. The molecule has 140 valence electrons. The molecule has 0 radical (unpaired) electrons. The van der Waals surface area contributed by atoms with Gasteiger partial charge in [-0.2, -0.15) is 0 Å². The zero-order chi connectivity index (χ0) is 19.4. The summed E-state index contributed by atoms with van der Waals surface area (Å²) in [5.74, 6) is 0.831. The van der Waals surface area contributed by atoms with Gasteiger partial charge in [0.05, 0.1) is 15.8 Å². The second-order valence-corrected chi connectivity index (χ2v) is 7.62. The number of amidine groups is 1. The molecule has 2 aromatic heterocycles. The Bertz CT molecular complexity index is 949. The van der Waals surface area contributed by atoms with Crippen molar-refractivity contribution in [3.63, 3.8) is 0 Å². The number of thiophene rings is 1. The quantitative estimate of drug-likeness (QED) is 0.476. The maximum atomic E-state index is 12.0. The Morgan fingerprint density at radius 2 is 2.04 bits per heavy atom. The highest BCUT2D eigenvalue weighted by Gasteiger charge is 2.12. The van der Waals surface area contributed by atoms with E-state index in [1.54, 1.807) is 18.2 Å². The fourth-order valence-corrected chi connectivity index (χ4v) is 3.36. The molecule has 0 unspecified atom stereocenters. The zero-order valence-electron chi connectivity index (χ0n) is 15.0. The summed E-state index contributed by atoms with van der Waals surface area (Å²) < 4.78 is 5.88. The van der Waals surface area contributed by atoms with Crippen LogP contribution in [0.2, 0.25) is 4.34 Å². The van der Waals surface area contributed by atoms with Crippen LogP contribution in [0, 0.1) is 5.41 Å². The predicted molar refractivity (Wildman–Crippen MR) is 108 cm³/mol. The van der Waals surface area contributed by atoms with E-state index in [1.165, 1.54) is 11.3 Å². The summed E-state index contributed by atoms with van der Waals surface area (Å²) >= 11 is 7.07. The molecule has 3 rings (SSSR count). The molecule has 27 heavy (non-hydrogen) atoms. The summed E-state index contributed by atoms with van der Waals surface area (Å²) in [7, 11) is 1.89. The number of amides is 1. The van der Waals surface area contributed by atoms with Crippen molar-refractivity contribution in [1.29, 1.82) is 5.41 Å². The van der Waals surface area contributed by atoms with Crippen LogP contribution >= 0.6 is 22.9 Å². The molecule has 0 fully saturated rings. The highest BCUT2D eigenvalue weighted by Crippen LogP contribution is 2.22. The second kappa shape index (κ2) is 8.37. The number of carbonyl (C=O) groups is 1. The lowest BCUT2D eigenvalue weighted by molar-refractivity contribution is 0.0951. The van der Waals surface area contributed by atoms with Gasteiger partial charge in [-0.05, 0) is 19.1 Å². The maximum absolute atomic E-state index is 12.0. The Labute approximate surface area is 166 Å². The van der Waals surface area contributed by atoms with Gasteiger partial charge in [0.1, 0.15) is 11.5 Å². The van der Waals surface area contributed by atoms with E-state index in [1.807, 2.05) is 43.1 Å². The first kappa shape index (κ1) is 19.1. The van der Waals surface area contributed by atoms with Gasteiger partial charge < -0.3 is 14.7 Å². The molecule has 0 saturated heterocycles. The van der Waals surface area contributed by atoms with Gasteiger partial charge >= 0.3 is 0 Å². The molecule has 0 aliphatic carbocycles. The summed E-state index contributed by atoms with van der Waals surface area (Å²) in [6, 6.07) is 12.8. The average molecular weight is 403 g/mol. The van der Waals surface area contributed by atoms with Crippen molar-refractivity contribution in [3.8, 4) is 11.3 Å². The van der Waals surface area contributed by atoms with Crippen molar-refractivity contribution in [1.82, 2.24) is 15.4 Å². The van der Waals surface area contributed by atoms with Crippen LogP contribution in [0.25, 0.3) is 11.3 Å². The van der Waals surface area contributed by atoms with Gasteiger partial charge in [-0.1, -0.05) is 41.0 Å². The van der Waals surface area contributed by atoms with Crippen LogP contribution in [0.5, 0.6) is 0 Å². The Hall–Kier alpha value is -2.64. The van der Waals surface area contributed by atoms with Crippen molar-refractivity contribution < 1.29 is 9.32 Å². The van der Waals surface area contributed by atoms with Gasteiger partial charge in [0, 0.05) is 30.8 Å². The van der Waals surface area contributed by atoms with Crippen molar-refractivity contribution in [2.45, 2.75) is 13.5 Å². The standard InChI is InChI=1S/C19H19ClN4O2S/c1-3-24(2)18(21)13-6-4-12(5-7-13)15-10-14(26-23-15)11-22-19(25)16-8-9-17(20)27-16/h4-10,21H,3,11H2,1-2H3,(H,22,25). The van der Waals surface area contributed by atoms with E-state index in [2.05, 4.69) is 10.5 Å². The normalized spacial score (nSPS) is 10.6. The van der Waals surface area contributed by atoms with Crippen LogP contribution in [0.4, 0.5) is 0 Å². The van der Waals surface area contributed by atoms with Gasteiger partial charge in [-0.25, -0.2) is 0 Å². The molecule has 1 aromatic carbocycles. The number of hydrogen-bond acceptors (Lipinski definition) is 5. The van der Waals surface area contributed by atoms with Gasteiger partial charge in [-0.15, -0.1) is 11.3 Å². The first-order valence-corrected chi connectivity index (χ1v) is 9.57. The van der Waals surface area contributed by atoms with Gasteiger partial charge in [0.25, 0.3) is 5.91 Å². The maximum Gasteiger partial charge on any atom is 0.261 e. The first-order chi connectivity index (χ1) is 13.0. The molecule has 0 atom stereocenters. The van der Waals surface area contributed by atoms with E-state index in [0.717, 1.165) is 17.7 Å². The summed E-state index contributed by atoms with van der Waals surface area (Å²) in [6.45, 7) is 3.02. The third-order valence-corrected chi connectivity index (χ3v) is 5.32. The third-order valence-electron chi connectivity index (χ3n) is 4.09. The molecule has 8 heteroatoms. The van der Waals surface area contributed by atoms with E-state index in [-0.39, 0.29) is 12.5 Å². The van der Waals surface area contributed by atoms with E-state index < -0.39 is 0 Å². The minimum Gasteiger partial charge on any atom is -0.360 e.